The number of carbonyl (C=O) groups excluding carboxylic acids is 1. The number of benzene rings is 2. The van der Waals surface area contributed by atoms with Crippen LogP contribution in [0.3, 0.4) is 0 Å². The topological polar surface area (TPSA) is 71.7 Å². The van der Waals surface area contributed by atoms with E-state index in [1.165, 1.54) is 32.7 Å². The Balaban J connectivity index is 1.67. The maximum Gasteiger partial charge on any atom is 0.279 e. The monoisotopic (exact) mass is 475 g/mol. The van der Waals surface area contributed by atoms with Crippen molar-refractivity contribution in [3.05, 3.63) is 52.8 Å². The number of aryl methyl sites for hydroxylation is 1. The maximum atomic E-state index is 12.8. The Morgan fingerprint density at radius 2 is 1.94 bits per heavy atom. The van der Waals surface area contributed by atoms with Crippen LogP contribution in [0.15, 0.2) is 57.2 Å². The molecule has 0 aliphatic heterocycles. The molecule has 0 atom stereocenters. The molecule has 1 aromatic heterocycles. The van der Waals surface area contributed by atoms with Gasteiger partial charge in [-0.2, -0.15) is 9.30 Å². The summed E-state index contributed by atoms with van der Waals surface area (Å²) in [5.41, 5.74) is 1.44. The van der Waals surface area contributed by atoms with Gasteiger partial charge in [-0.1, -0.05) is 18.3 Å². The van der Waals surface area contributed by atoms with Crippen molar-refractivity contribution in [1.29, 1.82) is 0 Å². The Labute approximate surface area is 190 Å². The molecule has 0 bridgehead atoms. The van der Waals surface area contributed by atoms with Crippen LogP contribution in [0, 0.1) is 0 Å². The van der Waals surface area contributed by atoms with Crippen LogP contribution in [0.1, 0.15) is 36.5 Å². The fourth-order valence-corrected chi connectivity index (χ4v) is 6.45. The summed E-state index contributed by atoms with van der Waals surface area (Å²) in [6.45, 7) is 2.87. The first-order valence-electron chi connectivity index (χ1n) is 10.2. The number of amides is 1. The lowest BCUT2D eigenvalue weighted by Crippen LogP contribution is -2.28. The fourth-order valence-electron chi connectivity index (χ4n) is 3.43. The van der Waals surface area contributed by atoms with Crippen molar-refractivity contribution in [2.24, 2.45) is 4.99 Å². The Bertz CT molecular complexity index is 1290. The molecule has 0 N–H and O–H groups in total. The largest absolute Gasteiger partial charge is 0.316 e. The second-order valence-corrected chi connectivity index (χ2v) is 11.4. The third-order valence-electron chi connectivity index (χ3n) is 5.37. The maximum absolute atomic E-state index is 12.8. The van der Waals surface area contributed by atoms with Gasteiger partial charge in [-0.15, -0.1) is 11.8 Å². The first-order valence-corrected chi connectivity index (χ1v) is 13.7. The van der Waals surface area contributed by atoms with Crippen LogP contribution in [0.2, 0.25) is 0 Å². The number of rotatable bonds is 7. The lowest BCUT2D eigenvalue weighted by molar-refractivity contribution is 0.0997. The summed E-state index contributed by atoms with van der Waals surface area (Å²) in [5, 5.41) is 0. The van der Waals surface area contributed by atoms with E-state index in [4.69, 9.17) is 0 Å². The highest BCUT2D eigenvalue weighted by atomic mass is 32.2. The van der Waals surface area contributed by atoms with Gasteiger partial charge in [0.05, 0.1) is 15.1 Å². The molecule has 6 nitrogen and oxygen atoms in total. The van der Waals surface area contributed by atoms with Crippen LogP contribution in [-0.2, 0) is 16.6 Å². The fraction of sp³-hybridized carbons (Fsp3) is 0.364. The average Bonchev–Trinajstić information content (AvgIpc) is 3.57. The van der Waals surface area contributed by atoms with E-state index in [0.29, 0.717) is 10.4 Å². The van der Waals surface area contributed by atoms with E-state index >= 15 is 0 Å². The van der Waals surface area contributed by atoms with E-state index in [-0.39, 0.29) is 16.8 Å². The van der Waals surface area contributed by atoms with Crippen LogP contribution < -0.4 is 4.80 Å². The van der Waals surface area contributed by atoms with Gasteiger partial charge in [0.15, 0.2) is 4.80 Å². The highest BCUT2D eigenvalue weighted by Crippen LogP contribution is 2.30. The van der Waals surface area contributed by atoms with Crippen molar-refractivity contribution in [1.82, 2.24) is 8.87 Å². The van der Waals surface area contributed by atoms with Gasteiger partial charge in [0, 0.05) is 30.1 Å². The second-order valence-electron chi connectivity index (χ2n) is 7.56. The molecule has 0 saturated heterocycles. The minimum absolute atomic E-state index is 0.0925. The molecular weight excluding hydrogens is 450 g/mol. The second kappa shape index (κ2) is 8.90. The van der Waals surface area contributed by atoms with E-state index in [1.54, 1.807) is 30.9 Å². The summed E-state index contributed by atoms with van der Waals surface area (Å²) in [6, 6.07) is 12.4. The van der Waals surface area contributed by atoms with Gasteiger partial charge in [-0.25, -0.2) is 8.42 Å². The summed E-state index contributed by atoms with van der Waals surface area (Å²) < 4.78 is 29.9. The quantitative estimate of drug-likeness (QED) is 0.476. The molecule has 1 aliphatic carbocycles. The highest BCUT2D eigenvalue weighted by Gasteiger charge is 2.35. The number of aromatic nitrogens is 1. The molecule has 3 aromatic rings. The molecule has 1 saturated carbocycles. The van der Waals surface area contributed by atoms with Crippen molar-refractivity contribution in [3.63, 3.8) is 0 Å². The predicted octanol–water partition coefficient (Wildman–Crippen LogP) is 4.36. The van der Waals surface area contributed by atoms with Gasteiger partial charge in [0.1, 0.15) is 0 Å². The van der Waals surface area contributed by atoms with Gasteiger partial charge in [-0.3, -0.25) is 4.79 Å². The van der Waals surface area contributed by atoms with Crippen molar-refractivity contribution in [2.45, 2.75) is 48.6 Å². The summed E-state index contributed by atoms with van der Waals surface area (Å²) in [7, 11) is -1.92. The number of sulfonamides is 1. The molecule has 1 heterocycles. The minimum Gasteiger partial charge on any atom is -0.316 e. The Morgan fingerprint density at radius 3 is 2.55 bits per heavy atom. The normalized spacial score (nSPS) is 15.2. The lowest BCUT2D eigenvalue weighted by Gasteiger charge is -2.16. The minimum atomic E-state index is -3.53. The summed E-state index contributed by atoms with van der Waals surface area (Å²) in [5.74, 6) is -0.374. The van der Waals surface area contributed by atoms with Crippen LogP contribution >= 0.6 is 23.1 Å². The molecule has 0 radical (unpaired) electrons. The number of hydrogen-bond donors (Lipinski definition) is 0. The standard InChI is InChI=1S/C22H25N3O3S3/c1-4-13-25-19-12-9-17(29-3)14-20(19)30-22(25)23-21(26)15-5-10-18(11-6-15)31(27,28)24(2)16-7-8-16/h5-6,9-12,14,16H,4,7-8,13H2,1-3H3. The Hall–Kier alpha value is -1.94. The molecule has 1 fully saturated rings. The molecule has 2 aromatic carbocycles. The molecule has 1 amide bonds. The summed E-state index contributed by atoms with van der Waals surface area (Å²) in [6.07, 6.45) is 4.77. The summed E-state index contributed by atoms with van der Waals surface area (Å²) >= 11 is 3.18. The number of thioether (sulfide) groups is 1. The number of hydrogen-bond acceptors (Lipinski definition) is 5. The zero-order valence-electron chi connectivity index (χ0n) is 17.7. The van der Waals surface area contributed by atoms with E-state index in [0.717, 1.165) is 36.0 Å². The van der Waals surface area contributed by atoms with Crippen LogP contribution in [0.25, 0.3) is 10.2 Å². The molecule has 0 unspecified atom stereocenters. The molecule has 4 rings (SSSR count). The van der Waals surface area contributed by atoms with Gasteiger partial charge in [-0.05, 0) is 68.0 Å². The first kappa shape index (κ1) is 22.3. The zero-order chi connectivity index (χ0) is 22.2. The third kappa shape index (κ3) is 4.50. The van der Waals surface area contributed by atoms with E-state index in [1.807, 2.05) is 6.26 Å². The molecule has 31 heavy (non-hydrogen) atoms. The van der Waals surface area contributed by atoms with E-state index in [2.05, 4.69) is 34.7 Å². The summed E-state index contributed by atoms with van der Waals surface area (Å²) in [4.78, 5) is 19.3. The number of thiazole rings is 1. The van der Waals surface area contributed by atoms with Gasteiger partial charge in [0.25, 0.3) is 5.91 Å². The molecule has 9 heteroatoms. The van der Waals surface area contributed by atoms with Gasteiger partial charge >= 0.3 is 0 Å². The van der Waals surface area contributed by atoms with Gasteiger partial charge < -0.3 is 4.57 Å². The van der Waals surface area contributed by atoms with Crippen molar-refractivity contribution < 1.29 is 13.2 Å². The predicted molar refractivity (Wildman–Crippen MR) is 126 cm³/mol. The molecule has 1 aliphatic rings. The van der Waals surface area contributed by atoms with Crippen molar-refractivity contribution in [3.8, 4) is 0 Å². The average molecular weight is 476 g/mol. The van der Waals surface area contributed by atoms with E-state index in [9.17, 15) is 13.2 Å². The number of nitrogens with zero attached hydrogens (tertiary/aromatic N) is 3. The van der Waals surface area contributed by atoms with Crippen LogP contribution in [-0.4, -0.2) is 42.5 Å². The number of fused-ring (bicyclic) bond motifs is 1. The number of carbonyl (C=O) groups is 1. The van der Waals surface area contributed by atoms with Crippen LogP contribution in [0.5, 0.6) is 0 Å². The molecule has 164 valence electrons. The Morgan fingerprint density at radius 1 is 1.23 bits per heavy atom. The first-order chi connectivity index (χ1) is 14.8. The van der Waals surface area contributed by atoms with Crippen molar-refractivity contribution in [2.75, 3.05) is 13.3 Å². The van der Waals surface area contributed by atoms with Crippen LogP contribution in [0.4, 0.5) is 0 Å². The molecule has 0 spiro atoms. The highest BCUT2D eigenvalue weighted by molar-refractivity contribution is 7.98. The third-order valence-corrected chi connectivity index (χ3v) is 9.06. The Kier molecular flexibility index (Phi) is 6.39. The zero-order valence-corrected chi connectivity index (χ0v) is 20.2. The van der Waals surface area contributed by atoms with Gasteiger partial charge in [0.2, 0.25) is 10.0 Å². The smallest absolute Gasteiger partial charge is 0.279 e. The lowest BCUT2D eigenvalue weighted by atomic mass is 10.2. The molecular formula is C22H25N3O3S3. The van der Waals surface area contributed by atoms with E-state index < -0.39 is 10.0 Å². The van der Waals surface area contributed by atoms with Crippen molar-refractivity contribution >= 4 is 49.2 Å². The SMILES string of the molecule is CCCn1c(=NC(=O)c2ccc(S(=O)(=O)N(C)C3CC3)cc2)sc2cc(SC)ccc21.